The van der Waals surface area contributed by atoms with Crippen molar-refractivity contribution < 1.29 is 9.53 Å². The molecule has 0 saturated carbocycles. The first-order valence-corrected chi connectivity index (χ1v) is 8.29. The molecule has 1 aliphatic rings. The number of piperidine rings is 1. The summed E-state index contributed by atoms with van der Waals surface area (Å²) in [5.41, 5.74) is 1.70. The smallest absolute Gasteiger partial charge is 0.411 e. The number of nitrogens with one attached hydrogen (secondary N) is 1. The van der Waals surface area contributed by atoms with Crippen molar-refractivity contribution in [2.75, 3.05) is 0 Å². The minimum atomic E-state index is -0.480. The van der Waals surface area contributed by atoms with E-state index in [9.17, 15) is 4.79 Å². The van der Waals surface area contributed by atoms with Gasteiger partial charge in [0.15, 0.2) is 0 Å². The van der Waals surface area contributed by atoms with Gasteiger partial charge in [-0.25, -0.2) is 9.78 Å². The number of amides is 1. The molecule has 1 aliphatic heterocycles. The maximum absolute atomic E-state index is 12.6. The summed E-state index contributed by atoms with van der Waals surface area (Å²) in [5.74, 6) is 0.895. The lowest BCUT2D eigenvalue weighted by atomic mass is 9.96. The summed E-state index contributed by atoms with van der Waals surface area (Å²) in [6.45, 7) is 11.9. The van der Waals surface area contributed by atoms with Gasteiger partial charge in [-0.3, -0.25) is 4.90 Å². The summed E-state index contributed by atoms with van der Waals surface area (Å²) < 4.78 is 5.61. The normalized spacial score (nSPS) is 22.7. The van der Waals surface area contributed by atoms with Crippen LogP contribution in [0.5, 0.6) is 0 Å². The van der Waals surface area contributed by atoms with Crippen molar-refractivity contribution in [3.63, 3.8) is 0 Å². The van der Waals surface area contributed by atoms with Crippen LogP contribution in [0.1, 0.15) is 77.1 Å². The highest BCUT2D eigenvalue weighted by Crippen LogP contribution is 2.34. The monoisotopic (exact) mass is 307 g/mol. The lowest BCUT2D eigenvalue weighted by molar-refractivity contribution is -0.00447. The van der Waals surface area contributed by atoms with Crippen LogP contribution in [0.3, 0.4) is 0 Å². The molecule has 1 saturated heterocycles. The van der Waals surface area contributed by atoms with Gasteiger partial charge in [0, 0.05) is 11.7 Å². The predicted octanol–water partition coefficient (Wildman–Crippen LogP) is 4.13. The molecule has 1 aromatic heterocycles. The van der Waals surface area contributed by atoms with E-state index in [0.717, 1.165) is 42.9 Å². The van der Waals surface area contributed by atoms with E-state index < -0.39 is 5.60 Å². The van der Waals surface area contributed by atoms with Crippen LogP contribution in [0.15, 0.2) is 0 Å². The highest BCUT2D eigenvalue weighted by molar-refractivity contribution is 5.69. The number of H-pyrrole nitrogens is 1. The van der Waals surface area contributed by atoms with Gasteiger partial charge in [0.2, 0.25) is 0 Å². The Morgan fingerprint density at radius 1 is 1.41 bits per heavy atom. The van der Waals surface area contributed by atoms with E-state index in [1.54, 1.807) is 0 Å². The van der Waals surface area contributed by atoms with Crippen LogP contribution in [0.4, 0.5) is 4.79 Å². The predicted molar refractivity (Wildman–Crippen MR) is 86.8 cm³/mol. The number of aromatic amines is 1. The first-order chi connectivity index (χ1) is 10.2. The van der Waals surface area contributed by atoms with Crippen molar-refractivity contribution in [2.24, 2.45) is 0 Å². The van der Waals surface area contributed by atoms with Crippen LogP contribution in [-0.4, -0.2) is 32.6 Å². The van der Waals surface area contributed by atoms with Gasteiger partial charge in [0.05, 0.1) is 11.7 Å². The summed E-state index contributed by atoms with van der Waals surface area (Å²) in [6, 6.07) is 0.154. The van der Waals surface area contributed by atoms with Crippen molar-refractivity contribution in [1.82, 2.24) is 14.9 Å². The third kappa shape index (κ3) is 3.62. The number of nitrogens with zero attached hydrogens (tertiary/aromatic N) is 2. The van der Waals surface area contributed by atoms with Gasteiger partial charge in [-0.15, -0.1) is 0 Å². The Bertz CT molecular complexity index is 530. The lowest BCUT2D eigenvalue weighted by Crippen LogP contribution is -2.46. The van der Waals surface area contributed by atoms with E-state index in [1.807, 2.05) is 32.6 Å². The molecule has 0 aliphatic carbocycles. The molecule has 2 rings (SSSR count). The summed E-state index contributed by atoms with van der Waals surface area (Å²) in [4.78, 5) is 22.6. The Balaban J connectivity index is 2.28. The maximum atomic E-state index is 12.6. The Morgan fingerprint density at radius 3 is 2.64 bits per heavy atom. The minimum absolute atomic E-state index is 0.0161. The largest absolute Gasteiger partial charge is 0.444 e. The number of carbonyl (C=O) groups excluding carboxylic acids is 1. The molecule has 0 spiro atoms. The first kappa shape index (κ1) is 16.8. The third-order valence-electron chi connectivity index (χ3n) is 4.17. The molecule has 5 nitrogen and oxygen atoms in total. The highest BCUT2D eigenvalue weighted by atomic mass is 16.6. The number of aryl methyl sites for hydroxylation is 2. The van der Waals surface area contributed by atoms with Gasteiger partial charge < -0.3 is 9.72 Å². The maximum Gasteiger partial charge on any atom is 0.411 e. The highest BCUT2D eigenvalue weighted by Gasteiger charge is 2.37. The fraction of sp³-hybridized carbons (Fsp3) is 0.765. The van der Waals surface area contributed by atoms with E-state index in [-0.39, 0.29) is 18.2 Å². The van der Waals surface area contributed by atoms with Crippen LogP contribution in [-0.2, 0) is 11.2 Å². The average Bonchev–Trinajstić information content (AvgIpc) is 2.77. The van der Waals surface area contributed by atoms with Crippen LogP contribution in [0, 0.1) is 6.92 Å². The fourth-order valence-electron chi connectivity index (χ4n) is 3.11. The second kappa shape index (κ2) is 6.31. The summed E-state index contributed by atoms with van der Waals surface area (Å²) in [6.07, 6.45) is 3.70. The summed E-state index contributed by atoms with van der Waals surface area (Å²) in [5, 5.41) is 0. The second-order valence-electron chi connectivity index (χ2n) is 7.23. The molecule has 1 N–H and O–H groups in total. The fourth-order valence-corrected chi connectivity index (χ4v) is 3.11. The molecule has 0 aromatic carbocycles. The quantitative estimate of drug-likeness (QED) is 0.893. The molecule has 22 heavy (non-hydrogen) atoms. The standard InChI is InChI=1S/C17H29N3O2/c1-7-13-12(3)18-15(19-13)14-10-8-9-11(2)20(14)16(21)22-17(4,5)6/h11,14H,7-10H2,1-6H3,(H,18,19). The van der Waals surface area contributed by atoms with Gasteiger partial charge in [0.1, 0.15) is 11.4 Å². The molecular formula is C17H29N3O2. The molecule has 1 fully saturated rings. The van der Waals surface area contributed by atoms with Crippen LogP contribution < -0.4 is 0 Å². The van der Waals surface area contributed by atoms with E-state index in [4.69, 9.17) is 9.72 Å². The number of hydrogen-bond acceptors (Lipinski definition) is 3. The van der Waals surface area contributed by atoms with Crippen molar-refractivity contribution in [3.05, 3.63) is 17.2 Å². The first-order valence-electron chi connectivity index (χ1n) is 8.29. The molecular weight excluding hydrogens is 278 g/mol. The Kier molecular flexibility index (Phi) is 4.83. The zero-order valence-electron chi connectivity index (χ0n) is 14.7. The molecule has 2 heterocycles. The van der Waals surface area contributed by atoms with Crippen molar-refractivity contribution in [3.8, 4) is 0 Å². The van der Waals surface area contributed by atoms with Crippen molar-refractivity contribution in [2.45, 2.75) is 84.9 Å². The third-order valence-corrected chi connectivity index (χ3v) is 4.17. The average molecular weight is 307 g/mol. The zero-order valence-corrected chi connectivity index (χ0v) is 14.7. The lowest BCUT2D eigenvalue weighted by Gasteiger charge is -2.40. The summed E-state index contributed by atoms with van der Waals surface area (Å²) >= 11 is 0. The second-order valence-corrected chi connectivity index (χ2v) is 7.23. The Labute approximate surface area is 133 Å². The number of aromatic nitrogens is 2. The summed E-state index contributed by atoms with van der Waals surface area (Å²) in [7, 11) is 0. The number of imidazole rings is 1. The molecule has 5 heteroatoms. The molecule has 2 unspecified atom stereocenters. The minimum Gasteiger partial charge on any atom is -0.444 e. The van der Waals surface area contributed by atoms with Crippen LogP contribution in [0.2, 0.25) is 0 Å². The molecule has 0 bridgehead atoms. The van der Waals surface area contributed by atoms with Crippen molar-refractivity contribution >= 4 is 6.09 Å². The van der Waals surface area contributed by atoms with Crippen molar-refractivity contribution in [1.29, 1.82) is 0 Å². The van der Waals surface area contributed by atoms with Gasteiger partial charge in [-0.1, -0.05) is 6.92 Å². The Hall–Kier alpha value is -1.52. The van der Waals surface area contributed by atoms with Gasteiger partial charge in [-0.2, -0.15) is 0 Å². The SMILES string of the molecule is CCc1nc(C2CCCC(C)N2C(=O)OC(C)(C)C)[nH]c1C. The number of hydrogen-bond donors (Lipinski definition) is 1. The topological polar surface area (TPSA) is 58.2 Å². The number of carbonyl (C=O) groups is 1. The van der Waals surface area contributed by atoms with E-state index in [1.165, 1.54) is 0 Å². The van der Waals surface area contributed by atoms with E-state index in [0.29, 0.717) is 0 Å². The molecule has 0 radical (unpaired) electrons. The van der Waals surface area contributed by atoms with Crippen LogP contribution in [0.25, 0.3) is 0 Å². The molecule has 124 valence electrons. The van der Waals surface area contributed by atoms with E-state index >= 15 is 0 Å². The van der Waals surface area contributed by atoms with E-state index in [2.05, 4.69) is 18.8 Å². The zero-order chi connectivity index (χ0) is 16.5. The molecule has 1 amide bonds. The number of rotatable bonds is 2. The van der Waals surface area contributed by atoms with Gasteiger partial charge >= 0.3 is 6.09 Å². The number of ether oxygens (including phenoxy) is 1. The van der Waals surface area contributed by atoms with Gasteiger partial charge in [-0.05, 0) is 60.3 Å². The van der Waals surface area contributed by atoms with Gasteiger partial charge in [0.25, 0.3) is 0 Å². The van der Waals surface area contributed by atoms with Crippen LogP contribution >= 0.6 is 0 Å². The number of likely N-dealkylation sites (tertiary alicyclic amines) is 1. The molecule has 2 atom stereocenters. The Morgan fingerprint density at radius 2 is 2.09 bits per heavy atom. The molecule has 1 aromatic rings.